The van der Waals surface area contributed by atoms with Crippen LogP contribution in [0.4, 0.5) is 0 Å². The maximum absolute atomic E-state index is 11.1. The maximum atomic E-state index is 11.1. The number of rotatable bonds is 4. The molecule has 2 nitrogen and oxygen atoms in total. The molecular formula is C13H18O2S. The van der Waals surface area contributed by atoms with Gasteiger partial charge in [0.25, 0.3) is 0 Å². The summed E-state index contributed by atoms with van der Waals surface area (Å²) in [5, 5.41) is 9.08. The first-order valence-electron chi connectivity index (χ1n) is 5.48. The third-order valence-corrected chi connectivity index (χ3v) is 3.70. The second-order valence-corrected chi connectivity index (χ2v) is 5.32. The van der Waals surface area contributed by atoms with Crippen LogP contribution >= 0.6 is 11.8 Å². The Bertz CT molecular complexity index is 397. The van der Waals surface area contributed by atoms with Crippen LogP contribution in [0.5, 0.6) is 0 Å². The van der Waals surface area contributed by atoms with Crippen molar-refractivity contribution in [1.82, 2.24) is 0 Å². The number of carbonyl (C=O) groups is 1. The van der Waals surface area contributed by atoms with Gasteiger partial charge in [0, 0.05) is 4.90 Å². The summed E-state index contributed by atoms with van der Waals surface area (Å²) in [6.07, 6.45) is 0. The van der Waals surface area contributed by atoms with Crippen LogP contribution in [0.25, 0.3) is 0 Å². The van der Waals surface area contributed by atoms with E-state index in [-0.39, 0.29) is 0 Å². The lowest BCUT2D eigenvalue weighted by Crippen LogP contribution is -2.04. The van der Waals surface area contributed by atoms with Crippen LogP contribution in [0, 0.1) is 6.92 Å². The van der Waals surface area contributed by atoms with Gasteiger partial charge < -0.3 is 5.11 Å². The summed E-state index contributed by atoms with van der Waals surface area (Å²) in [7, 11) is 0. The smallest absolute Gasteiger partial charge is 0.335 e. The maximum Gasteiger partial charge on any atom is 0.335 e. The second-order valence-electron chi connectivity index (χ2n) is 4.05. The molecule has 0 amide bonds. The van der Waals surface area contributed by atoms with E-state index in [2.05, 4.69) is 20.8 Å². The lowest BCUT2D eigenvalue weighted by atomic mass is 9.98. The first-order chi connectivity index (χ1) is 7.49. The predicted molar refractivity (Wildman–Crippen MR) is 68.6 cm³/mol. The van der Waals surface area contributed by atoms with E-state index in [1.54, 1.807) is 17.8 Å². The molecule has 0 unspecified atom stereocenters. The van der Waals surface area contributed by atoms with Gasteiger partial charge in [-0.25, -0.2) is 4.79 Å². The summed E-state index contributed by atoms with van der Waals surface area (Å²) < 4.78 is 0. The Hall–Kier alpha value is -0.960. The molecule has 3 heteroatoms. The molecule has 88 valence electrons. The highest BCUT2D eigenvalue weighted by atomic mass is 32.2. The highest BCUT2D eigenvalue weighted by Crippen LogP contribution is 2.33. The monoisotopic (exact) mass is 238 g/mol. The Morgan fingerprint density at radius 3 is 2.50 bits per heavy atom. The fourth-order valence-electron chi connectivity index (χ4n) is 1.73. The number of hydrogen-bond donors (Lipinski definition) is 1. The molecule has 16 heavy (non-hydrogen) atoms. The molecule has 0 aromatic heterocycles. The van der Waals surface area contributed by atoms with Crippen LogP contribution in [0.2, 0.25) is 0 Å². The molecule has 1 N–H and O–H groups in total. The normalized spacial score (nSPS) is 10.8. The topological polar surface area (TPSA) is 37.3 Å². The number of thioether (sulfide) groups is 1. The number of carboxylic acids is 1. The quantitative estimate of drug-likeness (QED) is 0.808. The van der Waals surface area contributed by atoms with Gasteiger partial charge in [-0.3, -0.25) is 0 Å². The third-order valence-electron chi connectivity index (χ3n) is 2.58. The first kappa shape index (κ1) is 13.1. The van der Waals surface area contributed by atoms with Gasteiger partial charge in [0.15, 0.2) is 0 Å². The van der Waals surface area contributed by atoms with Crippen molar-refractivity contribution in [2.75, 3.05) is 5.75 Å². The van der Waals surface area contributed by atoms with E-state index in [4.69, 9.17) is 5.11 Å². The van der Waals surface area contributed by atoms with E-state index < -0.39 is 5.97 Å². The zero-order valence-corrected chi connectivity index (χ0v) is 11.0. The summed E-state index contributed by atoms with van der Waals surface area (Å²) in [5.74, 6) is 0.547. The number of hydrogen-bond acceptors (Lipinski definition) is 2. The third kappa shape index (κ3) is 2.59. The van der Waals surface area contributed by atoms with Crippen molar-refractivity contribution in [2.24, 2.45) is 0 Å². The summed E-state index contributed by atoms with van der Waals surface area (Å²) in [4.78, 5) is 12.2. The van der Waals surface area contributed by atoms with Crippen molar-refractivity contribution < 1.29 is 9.90 Å². The molecule has 0 aliphatic rings. The van der Waals surface area contributed by atoms with Crippen molar-refractivity contribution in [2.45, 2.75) is 38.5 Å². The van der Waals surface area contributed by atoms with Gasteiger partial charge in [-0.05, 0) is 35.8 Å². The highest BCUT2D eigenvalue weighted by Gasteiger charge is 2.15. The standard InChI is InChI=1S/C13H18O2S/c1-5-16-12-9(4)11(13(14)15)7-6-10(12)8(2)3/h6-8H,5H2,1-4H3,(H,14,15). The zero-order valence-electron chi connectivity index (χ0n) is 10.2. The van der Waals surface area contributed by atoms with Crippen LogP contribution in [-0.4, -0.2) is 16.8 Å². The van der Waals surface area contributed by atoms with Crippen molar-refractivity contribution in [3.05, 3.63) is 28.8 Å². The fraction of sp³-hybridized carbons (Fsp3) is 0.462. The van der Waals surface area contributed by atoms with E-state index in [1.807, 2.05) is 13.0 Å². The molecule has 0 radical (unpaired) electrons. The van der Waals surface area contributed by atoms with E-state index >= 15 is 0 Å². The summed E-state index contributed by atoms with van der Waals surface area (Å²) in [6.45, 7) is 8.25. The van der Waals surface area contributed by atoms with E-state index in [1.165, 1.54) is 5.56 Å². The fourth-order valence-corrected chi connectivity index (χ4v) is 2.82. The lowest BCUT2D eigenvalue weighted by Gasteiger charge is -2.16. The first-order valence-corrected chi connectivity index (χ1v) is 6.47. The van der Waals surface area contributed by atoms with Crippen LogP contribution < -0.4 is 0 Å². The molecule has 1 rings (SSSR count). The molecule has 0 heterocycles. The summed E-state index contributed by atoms with van der Waals surface area (Å²) in [6, 6.07) is 3.66. The van der Waals surface area contributed by atoms with Gasteiger partial charge in [0.1, 0.15) is 0 Å². The molecule has 0 saturated heterocycles. The van der Waals surface area contributed by atoms with Crippen molar-refractivity contribution in [3.8, 4) is 0 Å². The van der Waals surface area contributed by atoms with Crippen molar-refractivity contribution >= 4 is 17.7 Å². The summed E-state index contributed by atoms with van der Waals surface area (Å²) >= 11 is 1.73. The molecule has 0 fully saturated rings. The second kappa shape index (κ2) is 5.39. The molecule has 0 aliphatic heterocycles. The van der Waals surface area contributed by atoms with Crippen LogP contribution in [0.3, 0.4) is 0 Å². The minimum atomic E-state index is -0.842. The SMILES string of the molecule is CCSc1c(C(C)C)ccc(C(=O)O)c1C. The number of aromatic carboxylic acids is 1. The number of benzene rings is 1. The average Bonchev–Trinajstić information content (AvgIpc) is 2.20. The predicted octanol–water partition coefficient (Wildman–Crippen LogP) is 3.93. The van der Waals surface area contributed by atoms with Gasteiger partial charge in [-0.15, -0.1) is 11.8 Å². The van der Waals surface area contributed by atoms with Crippen LogP contribution in [-0.2, 0) is 0 Å². The van der Waals surface area contributed by atoms with E-state index in [0.717, 1.165) is 16.2 Å². The highest BCUT2D eigenvalue weighted by molar-refractivity contribution is 7.99. The largest absolute Gasteiger partial charge is 0.478 e. The van der Waals surface area contributed by atoms with Gasteiger partial charge in [0.05, 0.1) is 5.56 Å². The van der Waals surface area contributed by atoms with Gasteiger partial charge >= 0.3 is 5.97 Å². The van der Waals surface area contributed by atoms with E-state index in [0.29, 0.717) is 11.5 Å². The molecule has 0 saturated carbocycles. The van der Waals surface area contributed by atoms with Gasteiger partial charge in [-0.1, -0.05) is 26.8 Å². The van der Waals surface area contributed by atoms with Crippen LogP contribution in [0.15, 0.2) is 17.0 Å². The van der Waals surface area contributed by atoms with Crippen LogP contribution in [0.1, 0.15) is 48.2 Å². The summed E-state index contributed by atoms with van der Waals surface area (Å²) in [5.41, 5.74) is 2.56. The minimum absolute atomic E-state index is 0.417. The Balaban J connectivity index is 3.35. The Labute approximate surface area is 101 Å². The molecule has 1 aromatic rings. The van der Waals surface area contributed by atoms with Crippen molar-refractivity contribution in [1.29, 1.82) is 0 Å². The average molecular weight is 238 g/mol. The van der Waals surface area contributed by atoms with E-state index in [9.17, 15) is 4.79 Å². The molecular weight excluding hydrogens is 220 g/mol. The molecule has 1 aromatic carbocycles. The molecule has 0 atom stereocenters. The zero-order chi connectivity index (χ0) is 12.3. The molecule has 0 aliphatic carbocycles. The Morgan fingerprint density at radius 1 is 1.44 bits per heavy atom. The lowest BCUT2D eigenvalue weighted by molar-refractivity contribution is 0.0695. The Kier molecular flexibility index (Phi) is 4.42. The van der Waals surface area contributed by atoms with Gasteiger partial charge in [-0.2, -0.15) is 0 Å². The number of carboxylic acid groups (broad SMARTS) is 1. The minimum Gasteiger partial charge on any atom is -0.478 e. The Morgan fingerprint density at radius 2 is 2.06 bits per heavy atom. The molecule has 0 spiro atoms. The van der Waals surface area contributed by atoms with Crippen molar-refractivity contribution in [3.63, 3.8) is 0 Å². The van der Waals surface area contributed by atoms with Gasteiger partial charge in [0.2, 0.25) is 0 Å². The molecule has 0 bridgehead atoms.